The second-order valence-corrected chi connectivity index (χ2v) is 6.17. The molecule has 0 amide bonds. The van der Waals surface area contributed by atoms with Gasteiger partial charge in [0.1, 0.15) is 0 Å². The van der Waals surface area contributed by atoms with E-state index in [1.54, 1.807) is 0 Å². The molecule has 5 nitrogen and oxygen atoms in total. The van der Waals surface area contributed by atoms with Crippen LogP contribution in [-0.2, 0) is 10.0 Å². The van der Waals surface area contributed by atoms with Crippen molar-refractivity contribution in [1.29, 1.82) is 0 Å². The van der Waals surface area contributed by atoms with Crippen molar-refractivity contribution in [2.45, 2.75) is 23.8 Å². The van der Waals surface area contributed by atoms with Gasteiger partial charge in [-0.15, -0.1) is 0 Å². The number of methoxy groups -OCH3 is 1. The lowest BCUT2D eigenvalue weighted by Crippen LogP contribution is -2.45. The Morgan fingerprint density at radius 1 is 1.47 bits per heavy atom. The largest absolute Gasteiger partial charge is 0.494 e. The zero-order valence-electron chi connectivity index (χ0n) is 10.6. The zero-order chi connectivity index (χ0) is 13.9. The van der Waals surface area contributed by atoms with Crippen molar-refractivity contribution in [3.8, 4) is 5.75 Å². The van der Waals surface area contributed by atoms with Crippen LogP contribution in [0.25, 0.3) is 0 Å². The van der Waals surface area contributed by atoms with Crippen LogP contribution in [0.1, 0.15) is 12.8 Å². The average molecular weight is 288 g/mol. The Bertz CT molecular complexity index is 542. The highest BCUT2D eigenvalue weighted by atomic mass is 32.2. The second kappa shape index (κ2) is 5.85. The minimum absolute atomic E-state index is 0.0262. The van der Waals surface area contributed by atoms with Gasteiger partial charge in [0.05, 0.1) is 12.0 Å². The Hall–Kier alpha value is -1.18. The van der Waals surface area contributed by atoms with Crippen LogP contribution >= 0.6 is 0 Å². The summed E-state index contributed by atoms with van der Waals surface area (Å²) in [7, 11) is -2.36. The standard InChI is InChI=1S/C12H17FN2O3S/c1-18-12-5-4-10(7-11(12)13)19(16,17)15-9-3-2-6-14-8-9/h4-5,7,9,14-15H,2-3,6,8H2,1H3/t9-/m0/s1. The molecule has 1 aromatic rings. The lowest BCUT2D eigenvalue weighted by molar-refractivity contribution is 0.385. The summed E-state index contributed by atoms with van der Waals surface area (Å²) in [6.45, 7) is 1.49. The SMILES string of the molecule is COc1ccc(S(=O)(=O)N[C@H]2CCCNC2)cc1F. The van der Waals surface area contributed by atoms with Crippen molar-refractivity contribution in [3.05, 3.63) is 24.0 Å². The molecule has 0 radical (unpaired) electrons. The lowest BCUT2D eigenvalue weighted by Gasteiger charge is -2.23. The van der Waals surface area contributed by atoms with Gasteiger partial charge in [0.2, 0.25) is 10.0 Å². The van der Waals surface area contributed by atoms with E-state index in [2.05, 4.69) is 10.0 Å². The molecule has 1 saturated heterocycles. The van der Waals surface area contributed by atoms with Crippen LogP contribution in [0.15, 0.2) is 23.1 Å². The Labute approximate surface area is 112 Å². The van der Waals surface area contributed by atoms with Crippen molar-refractivity contribution in [1.82, 2.24) is 10.0 Å². The highest BCUT2D eigenvalue weighted by Crippen LogP contribution is 2.21. The van der Waals surface area contributed by atoms with E-state index in [-0.39, 0.29) is 16.7 Å². The fourth-order valence-corrected chi connectivity index (χ4v) is 3.34. The Balaban J connectivity index is 2.16. The van der Waals surface area contributed by atoms with Gasteiger partial charge < -0.3 is 10.1 Å². The first-order valence-corrected chi connectivity index (χ1v) is 7.58. The quantitative estimate of drug-likeness (QED) is 0.862. The van der Waals surface area contributed by atoms with Crippen LogP contribution in [0.5, 0.6) is 5.75 Å². The van der Waals surface area contributed by atoms with E-state index in [1.807, 2.05) is 0 Å². The highest BCUT2D eigenvalue weighted by molar-refractivity contribution is 7.89. The predicted octanol–water partition coefficient (Wildman–Crippen LogP) is 0.865. The van der Waals surface area contributed by atoms with Crippen LogP contribution in [0, 0.1) is 5.82 Å². The van der Waals surface area contributed by atoms with Gasteiger partial charge in [0.25, 0.3) is 0 Å². The summed E-state index contributed by atoms with van der Waals surface area (Å²) >= 11 is 0. The van der Waals surface area contributed by atoms with Crippen molar-refractivity contribution < 1.29 is 17.5 Å². The van der Waals surface area contributed by atoms with Crippen molar-refractivity contribution in [2.75, 3.05) is 20.2 Å². The molecule has 1 heterocycles. The summed E-state index contributed by atoms with van der Waals surface area (Å²) in [6.07, 6.45) is 1.70. The van der Waals surface area contributed by atoms with Gasteiger partial charge in [-0.25, -0.2) is 17.5 Å². The first-order chi connectivity index (χ1) is 9.03. The minimum atomic E-state index is -3.69. The molecule has 0 spiro atoms. The fraction of sp³-hybridized carbons (Fsp3) is 0.500. The smallest absolute Gasteiger partial charge is 0.240 e. The molecule has 19 heavy (non-hydrogen) atoms. The van der Waals surface area contributed by atoms with E-state index in [4.69, 9.17) is 4.74 Å². The van der Waals surface area contributed by atoms with Crippen molar-refractivity contribution >= 4 is 10.0 Å². The minimum Gasteiger partial charge on any atom is -0.494 e. The van der Waals surface area contributed by atoms with Crippen molar-refractivity contribution in [2.24, 2.45) is 0 Å². The van der Waals surface area contributed by atoms with Gasteiger partial charge in [0, 0.05) is 12.6 Å². The number of benzene rings is 1. The van der Waals surface area contributed by atoms with E-state index < -0.39 is 15.8 Å². The molecular formula is C12H17FN2O3S. The monoisotopic (exact) mass is 288 g/mol. The molecule has 1 aliphatic heterocycles. The summed E-state index contributed by atoms with van der Waals surface area (Å²) in [5, 5.41) is 3.12. The van der Waals surface area contributed by atoms with Crippen LogP contribution in [0.2, 0.25) is 0 Å². The number of hydrogen-bond acceptors (Lipinski definition) is 4. The molecule has 1 aliphatic rings. The van der Waals surface area contributed by atoms with E-state index in [1.165, 1.54) is 19.2 Å². The van der Waals surface area contributed by atoms with E-state index >= 15 is 0 Å². The number of nitrogens with one attached hydrogen (secondary N) is 2. The van der Waals surface area contributed by atoms with Crippen LogP contribution in [-0.4, -0.2) is 34.7 Å². The molecular weight excluding hydrogens is 271 g/mol. The molecule has 0 aliphatic carbocycles. The van der Waals surface area contributed by atoms with Gasteiger partial charge >= 0.3 is 0 Å². The first kappa shape index (κ1) is 14.2. The second-order valence-electron chi connectivity index (χ2n) is 4.46. The molecule has 0 aromatic heterocycles. The van der Waals surface area contributed by atoms with Crippen LogP contribution < -0.4 is 14.8 Å². The summed E-state index contributed by atoms with van der Waals surface area (Å²) < 4.78 is 45.1. The number of halogens is 1. The van der Waals surface area contributed by atoms with E-state index in [9.17, 15) is 12.8 Å². The highest BCUT2D eigenvalue weighted by Gasteiger charge is 2.22. The van der Waals surface area contributed by atoms with Gasteiger partial charge in [-0.05, 0) is 37.6 Å². The fourth-order valence-electron chi connectivity index (χ4n) is 2.05. The maximum Gasteiger partial charge on any atom is 0.240 e. The molecule has 7 heteroatoms. The third-order valence-corrected chi connectivity index (χ3v) is 4.57. The normalized spacial score (nSPS) is 20.2. The molecule has 2 N–H and O–H groups in total. The summed E-state index contributed by atoms with van der Waals surface area (Å²) in [4.78, 5) is -0.0867. The van der Waals surface area contributed by atoms with Gasteiger partial charge in [-0.2, -0.15) is 0 Å². The Morgan fingerprint density at radius 3 is 2.84 bits per heavy atom. The molecule has 0 bridgehead atoms. The first-order valence-electron chi connectivity index (χ1n) is 6.09. The molecule has 2 rings (SSSR count). The molecule has 1 aromatic carbocycles. The Morgan fingerprint density at radius 2 is 2.26 bits per heavy atom. The van der Waals surface area contributed by atoms with Crippen molar-refractivity contribution in [3.63, 3.8) is 0 Å². The average Bonchev–Trinajstić information content (AvgIpc) is 2.39. The van der Waals surface area contributed by atoms with E-state index in [0.717, 1.165) is 25.5 Å². The van der Waals surface area contributed by atoms with E-state index in [0.29, 0.717) is 6.54 Å². The summed E-state index contributed by atoms with van der Waals surface area (Å²) in [5.74, 6) is -0.662. The summed E-state index contributed by atoms with van der Waals surface area (Å²) in [5.41, 5.74) is 0. The van der Waals surface area contributed by atoms with Gasteiger partial charge in [0.15, 0.2) is 11.6 Å². The molecule has 1 atom stereocenters. The number of ether oxygens (including phenoxy) is 1. The number of hydrogen-bond donors (Lipinski definition) is 2. The Kier molecular flexibility index (Phi) is 4.38. The number of rotatable bonds is 4. The maximum atomic E-state index is 13.5. The lowest BCUT2D eigenvalue weighted by atomic mass is 10.1. The zero-order valence-corrected chi connectivity index (χ0v) is 11.5. The molecule has 0 saturated carbocycles. The molecule has 106 valence electrons. The number of sulfonamides is 1. The molecule has 1 fully saturated rings. The summed E-state index contributed by atoms with van der Waals surface area (Å²) in [6, 6.07) is 3.46. The third kappa shape index (κ3) is 3.43. The third-order valence-electron chi connectivity index (χ3n) is 3.05. The predicted molar refractivity (Wildman–Crippen MR) is 69.2 cm³/mol. The maximum absolute atomic E-state index is 13.5. The molecule has 0 unspecified atom stereocenters. The van der Waals surface area contributed by atoms with Crippen LogP contribution in [0.3, 0.4) is 0 Å². The van der Waals surface area contributed by atoms with Gasteiger partial charge in [-0.1, -0.05) is 0 Å². The van der Waals surface area contributed by atoms with Gasteiger partial charge in [-0.3, -0.25) is 0 Å². The topological polar surface area (TPSA) is 67.4 Å². The number of piperidine rings is 1. The van der Waals surface area contributed by atoms with Crippen LogP contribution in [0.4, 0.5) is 4.39 Å².